The number of rotatable bonds is 4. The molecule has 2 N–H and O–H groups in total. The van der Waals surface area contributed by atoms with E-state index in [9.17, 15) is 0 Å². The summed E-state index contributed by atoms with van der Waals surface area (Å²) in [6, 6.07) is 2.40. The molecule has 1 rings (SSSR count). The smallest absolute Gasteiger partial charge is 0.106 e. The molecule has 1 saturated carbocycles. The van der Waals surface area contributed by atoms with Crippen LogP contribution < -0.4 is 5.73 Å². The van der Waals surface area contributed by atoms with E-state index in [1.54, 1.807) is 0 Å². The molecule has 0 heterocycles. The highest BCUT2D eigenvalue weighted by atomic mass is 15.1. The second-order valence-electron chi connectivity index (χ2n) is 4.76. The van der Waals surface area contributed by atoms with Gasteiger partial charge in [0.25, 0.3) is 0 Å². The molecule has 0 aromatic rings. The van der Waals surface area contributed by atoms with Crippen molar-refractivity contribution in [3.63, 3.8) is 0 Å². The Balaban J connectivity index is 2.30. The lowest BCUT2D eigenvalue weighted by molar-refractivity contribution is 0.162. The first-order valence-corrected chi connectivity index (χ1v) is 6.02. The molecule has 1 unspecified atom stereocenters. The van der Waals surface area contributed by atoms with Gasteiger partial charge in [-0.2, -0.15) is 5.26 Å². The van der Waals surface area contributed by atoms with E-state index in [4.69, 9.17) is 11.0 Å². The molecular formula is C12H23N3. The number of likely N-dealkylation sites (N-methyl/N-ethyl adjacent to an activating group) is 1. The number of hydrogen-bond acceptors (Lipinski definition) is 3. The Morgan fingerprint density at radius 2 is 2.00 bits per heavy atom. The molecule has 3 nitrogen and oxygen atoms in total. The topological polar surface area (TPSA) is 53.0 Å². The van der Waals surface area contributed by atoms with E-state index in [2.05, 4.69) is 24.9 Å². The van der Waals surface area contributed by atoms with E-state index in [0.717, 1.165) is 5.92 Å². The van der Waals surface area contributed by atoms with Crippen molar-refractivity contribution in [1.29, 1.82) is 5.26 Å². The molecular weight excluding hydrogens is 186 g/mol. The normalized spacial score (nSPS) is 28.7. The summed E-state index contributed by atoms with van der Waals surface area (Å²) in [4.78, 5) is 2.26. The van der Waals surface area contributed by atoms with Gasteiger partial charge in [0.1, 0.15) is 6.04 Å². The van der Waals surface area contributed by atoms with Crippen molar-refractivity contribution in [2.24, 2.45) is 11.7 Å². The molecule has 86 valence electrons. The Kier molecular flexibility index (Phi) is 5.07. The van der Waals surface area contributed by atoms with Crippen molar-refractivity contribution >= 4 is 0 Å². The SMILES string of the molecule is CCC1CCC(N(C)CC(N)C#N)CC1. The monoisotopic (exact) mass is 209 g/mol. The van der Waals surface area contributed by atoms with Gasteiger partial charge in [-0.15, -0.1) is 0 Å². The van der Waals surface area contributed by atoms with E-state index in [-0.39, 0.29) is 6.04 Å². The molecule has 0 amide bonds. The maximum Gasteiger partial charge on any atom is 0.106 e. The van der Waals surface area contributed by atoms with Crippen LogP contribution in [0.2, 0.25) is 0 Å². The minimum atomic E-state index is -0.334. The van der Waals surface area contributed by atoms with Gasteiger partial charge in [-0.25, -0.2) is 0 Å². The zero-order valence-electron chi connectivity index (χ0n) is 9.95. The molecule has 0 aliphatic heterocycles. The lowest BCUT2D eigenvalue weighted by Crippen LogP contribution is -2.42. The van der Waals surface area contributed by atoms with E-state index >= 15 is 0 Å². The third-order valence-electron chi connectivity index (χ3n) is 3.67. The highest BCUT2D eigenvalue weighted by molar-refractivity contribution is 4.90. The number of nitrogens with two attached hydrogens (primary N) is 1. The van der Waals surface area contributed by atoms with Gasteiger partial charge in [0.05, 0.1) is 6.07 Å². The molecule has 0 bridgehead atoms. The summed E-state index contributed by atoms with van der Waals surface area (Å²) in [5, 5.41) is 8.66. The van der Waals surface area contributed by atoms with E-state index in [0.29, 0.717) is 12.6 Å². The van der Waals surface area contributed by atoms with E-state index in [1.807, 2.05) is 0 Å². The minimum Gasteiger partial charge on any atom is -0.315 e. The summed E-state index contributed by atoms with van der Waals surface area (Å²) in [5.41, 5.74) is 5.63. The van der Waals surface area contributed by atoms with Crippen LogP contribution in [0.15, 0.2) is 0 Å². The van der Waals surface area contributed by atoms with Crippen molar-refractivity contribution in [2.45, 2.75) is 51.1 Å². The van der Waals surface area contributed by atoms with E-state index < -0.39 is 0 Å². The summed E-state index contributed by atoms with van der Waals surface area (Å²) in [7, 11) is 2.09. The van der Waals surface area contributed by atoms with Gasteiger partial charge in [-0.3, -0.25) is 0 Å². The zero-order chi connectivity index (χ0) is 11.3. The quantitative estimate of drug-likeness (QED) is 0.767. The van der Waals surface area contributed by atoms with Gasteiger partial charge < -0.3 is 10.6 Å². The van der Waals surface area contributed by atoms with E-state index in [1.165, 1.54) is 32.1 Å². The first-order chi connectivity index (χ1) is 7.17. The van der Waals surface area contributed by atoms with Gasteiger partial charge in [-0.1, -0.05) is 13.3 Å². The first kappa shape index (κ1) is 12.5. The van der Waals surface area contributed by atoms with Crippen LogP contribution >= 0.6 is 0 Å². The van der Waals surface area contributed by atoms with Crippen LogP contribution in [-0.2, 0) is 0 Å². The molecule has 15 heavy (non-hydrogen) atoms. The molecule has 1 atom stereocenters. The van der Waals surface area contributed by atoms with Crippen molar-refractivity contribution < 1.29 is 0 Å². The predicted molar refractivity (Wildman–Crippen MR) is 62.3 cm³/mol. The maximum atomic E-state index is 8.66. The molecule has 0 aromatic carbocycles. The fourth-order valence-corrected chi connectivity index (χ4v) is 2.49. The summed E-state index contributed by atoms with van der Waals surface area (Å²) in [5.74, 6) is 0.930. The van der Waals surface area contributed by atoms with Crippen LogP contribution in [0, 0.1) is 17.2 Å². The molecule has 0 aromatic heterocycles. The Bertz CT molecular complexity index is 213. The summed E-state index contributed by atoms with van der Waals surface area (Å²) in [6.45, 7) is 2.98. The van der Waals surface area contributed by atoms with Crippen LogP contribution in [0.5, 0.6) is 0 Å². The lowest BCUT2D eigenvalue weighted by atomic mass is 9.84. The number of nitrogens with zero attached hydrogens (tertiary/aromatic N) is 2. The van der Waals surface area contributed by atoms with Crippen LogP contribution in [-0.4, -0.2) is 30.6 Å². The molecule has 1 aliphatic carbocycles. The largest absolute Gasteiger partial charge is 0.315 e. The summed E-state index contributed by atoms with van der Waals surface area (Å²) >= 11 is 0. The molecule has 0 spiro atoms. The second kappa shape index (κ2) is 6.09. The minimum absolute atomic E-state index is 0.334. The average molecular weight is 209 g/mol. The van der Waals surface area contributed by atoms with Crippen LogP contribution in [0.4, 0.5) is 0 Å². The lowest BCUT2D eigenvalue weighted by Gasteiger charge is -2.34. The average Bonchev–Trinajstić information content (AvgIpc) is 2.29. The Morgan fingerprint density at radius 1 is 1.40 bits per heavy atom. The van der Waals surface area contributed by atoms with Crippen LogP contribution in [0.25, 0.3) is 0 Å². The first-order valence-electron chi connectivity index (χ1n) is 6.02. The zero-order valence-corrected chi connectivity index (χ0v) is 9.95. The highest BCUT2D eigenvalue weighted by Gasteiger charge is 2.23. The number of hydrogen-bond donors (Lipinski definition) is 1. The fourth-order valence-electron chi connectivity index (χ4n) is 2.49. The van der Waals surface area contributed by atoms with Crippen molar-refractivity contribution in [1.82, 2.24) is 4.90 Å². The van der Waals surface area contributed by atoms with Gasteiger partial charge >= 0.3 is 0 Å². The van der Waals surface area contributed by atoms with Gasteiger partial charge in [0, 0.05) is 12.6 Å². The summed E-state index contributed by atoms with van der Waals surface area (Å²) in [6.07, 6.45) is 6.54. The molecule has 0 radical (unpaired) electrons. The summed E-state index contributed by atoms with van der Waals surface area (Å²) < 4.78 is 0. The van der Waals surface area contributed by atoms with Gasteiger partial charge in [0.15, 0.2) is 0 Å². The van der Waals surface area contributed by atoms with Crippen LogP contribution in [0.1, 0.15) is 39.0 Å². The Morgan fingerprint density at radius 3 is 2.47 bits per heavy atom. The fraction of sp³-hybridized carbons (Fsp3) is 0.917. The van der Waals surface area contributed by atoms with Gasteiger partial charge in [-0.05, 0) is 38.6 Å². The van der Waals surface area contributed by atoms with Gasteiger partial charge in [0.2, 0.25) is 0 Å². The van der Waals surface area contributed by atoms with Crippen molar-refractivity contribution in [2.75, 3.05) is 13.6 Å². The Labute approximate surface area is 93.2 Å². The standard InChI is InChI=1S/C12H23N3/c1-3-10-4-6-12(7-5-10)15(2)9-11(14)8-13/h10-12H,3-7,9,14H2,1-2H3. The molecule has 1 aliphatic rings. The second-order valence-corrected chi connectivity index (χ2v) is 4.76. The molecule has 0 saturated heterocycles. The maximum absolute atomic E-state index is 8.66. The van der Waals surface area contributed by atoms with Crippen LogP contribution in [0.3, 0.4) is 0 Å². The predicted octanol–water partition coefficient (Wildman–Crippen LogP) is 1.74. The van der Waals surface area contributed by atoms with Crippen molar-refractivity contribution in [3.05, 3.63) is 0 Å². The van der Waals surface area contributed by atoms with Crippen molar-refractivity contribution in [3.8, 4) is 6.07 Å². The number of nitriles is 1. The third kappa shape index (κ3) is 3.81. The molecule has 1 fully saturated rings. The molecule has 3 heteroatoms. The third-order valence-corrected chi connectivity index (χ3v) is 3.67. The highest BCUT2D eigenvalue weighted by Crippen LogP contribution is 2.28. The Hall–Kier alpha value is -0.590.